The normalized spacial score (nSPS) is 33.4. The maximum atomic E-state index is 3.59. The van der Waals surface area contributed by atoms with E-state index in [-0.39, 0.29) is 0 Å². The van der Waals surface area contributed by atoms with E-state index in [4.69, 9.17) is 0 Å². The predicted molar refractivity (Wildman–Crippen MR) is 65.0 cm³/mol. The largest absolute Gasteiger partial charge is 0.317 e. The van der Waals surface area contributed by atoms with Gasteiger partial charge in [-0.2, -0.15) is 0 Å². The van der Waals surface area contributed by atoms with Crippen LogP contribution in [0.3, 0.4) is 0 Å². The first-order chi connectivity index (χ1) is 7.42. The molecule has 15 heavy (non-hydrogen) atoms. The number of nitrogens with one attached hydrogen (secondary N) is 2. The molecule has 0 radical (unpaired) electrons. The van der Waals surface area contributed by atoms with Gasteiger partial charge in [-0.05, 0) is 43.9 Å². The third kappa shape index (κ3) is 2.94. The number of hydrogen-bond donors (Lipinski definition) is 2. The molecule has 2 N–H and O–H groups in total. The summed E-state index contributed by atoms with van der Waals surface area (Å²) in [5.74, 6) is 2.88. The monoisotopic (exact) mass is 210 g/mol. The Morgan fingerprint density at radius 1 is 1.13 bits per heavy atom. The molecule has 0 aromatic rings. The van der Waals surface area contributed by atoms with E-state index >= 15 is 0 Å². The van der Waals surface area contributed by atoms with Crippen molar-refractivity contribution in [2.24, 2.45) is 17.8 Å². The summed E-state index contributed by atoms with van der Waals surface area (Å²) in [6.07, 6.45) is 7.43. The Hall–Kier alpha value is -0.0800. The molecular formula is C13H26N2. The smallest absolute Gasteiger partial charge is 0.000502 e. The SMILES string of the molecule is CCNCC1CNCC1C1CCCCC1. The quantitative estimate of drug-likeness (QED) is 0.742. The first kappa shape index (κ1) is 11.4. The van der Waals surface area contributed by atoms with Gasteiger partial charge in [-0.3, -0.25) is 0 Å². The average molecular weight is 210 g/mol. The van der Waals surface area contributed by atoms with Crippen molar-refractivity contribution in [1.29, 1.82) is 0 Å². The van der Waals surface area contributed by atoms with Crippen molar-refractivity contribution in [1.82, 2.24) is 10.6 Å². The van der Waals surface area contributed by atoms with E-state index in [1.165, 1.54) is 51.7 Å². The molecule has 88 valence electrons. The minimum atomic E-state index is 0.896. The van der Waals surface area contributed by atoms with Gasteiger partial charge < -0.3 is 10.6 Å². The first-order valence-electron chi connectivity index (χ1n) is 6.83. The minimum absolute atomic E-state index is 0.896. The molecule has 0 aromatic carbocycles. The van der Waals surface area contributed by atoms with Gasteiger partial charge in [0.1, 0.15) is 0 Å². The van der Waals surface area contributed by atoms with E-state index in [9.17, 15) is 0 Å². The van der Waals surface area contributed by atoms with Gasteiger partial charge in [0.25, 0.3) is 0 Å². The lowest BCUT2D eigenvalue weighted by molar-refractivity contribution is 0.214. The molecule has 2 fully saturated rings. The van der Waals surface area contributed by atoms with Crippen molar-refractivity contribution >= 4 is 0 Å². The van der Waals surface area contributed by atoms with E-state index in [2.05, 4.69) is 17.6 Å². The molecule has 0 bridgehead atoms. The fourth-order valence-corrected chi connectivity index (χ4v) is 3.42. The van der Waals surface area contributed by atoms with Gasteiger partial charge in [-0.1, -0.05) is 39.0 Å². The van der Waals surface area contributed by atoms with Crippen molar-refractivity contribution in [3.8, 4) is 0 Å². The van der Waals surface area contributed by atoms with Crippen LogP contribution >= 0.6 is 0 Å². The molecule has 1 aliphatic carbocycles. The molecule has 0 spiro atoms. The van der Waals surface area contributed by atoms with Crippen LogP contribution in [0.25, 0.3) is 0 Å². The topological polar surface area (TPSA) is 24.1 Å². The molecule has 1 saturated heterocycles. The minimum Gasteiger partial charge on any atom is -0.317 e. The van der Waals surface area contributed by atoms with Crippen LogP contribution in [0, 0.1) is 17.8 Å². The van der Waals surface area contributed by atoms with E-state index in [0.717, 1.165) is 24.3 Å². The summed E-state index contributed by atoms with van der Waals surface area (Å²) < 4.78 is 0. The van der Waals surface area contributed by atoms with Crippen LogP contribution < -0.4 is 10.6 Å². The second kappa shape index (κ2) is 5.86. The Balaban J connectivity index is 1.82. The average Bonchev–Trinajstić information content (AvgIpc) is 2.75. The van der Waals surface area contributed by atoms with Gasteiger partial charge in [0.15, 0.2) is 0 Å². The molecule has 1 saturated carbocycles. The highest BCUT2D eigenvalue weighted by Gasteiger charge is 2.33. The third-order valence-corrected chi connectivity index (χ3v) is 4.30. The molecular weight excluding hydrogens is 184 g/mol. The Bertz CT molecular complexity index is 175. The van der Waals surface area contributed by atoms with Crippen LogP contribution in [0.4, 0.5) is 0 Å². The first-order valence-corrected chi connectivity index (χ1v) is 6.83. The maximum absolute atomic E-state index is 3.59. The second-order valence-corrected chi connectivity index (χ2v) is 5.29. The van der Waals surface area contributed by atoms with Gasteiger partial charge in [-0.25, -0.2) is 0 Å². The molecule has 0 aromatic heterocycles. The lowest BCUT2D eigenvalue weighted by Gasteiger charge is -2.31. The Morgan fingerprint density at radius 2 is 1.93 bits per heavy atom. The maximum Gasteiger partial charge on any atom is -0.000502 e. The summed E-state index contributed by atoms with van der Waals surface area (Å²) in [5.41, 5.74) is 0. The van der Waals surface area contributed by atoms with Crippen molar-refractivity contribution < 1.29 is 0 Å². The van der Waals surface area contributed by atoms with E-state index in [0.29, 0.717) is 0 Å². The molecule has 2 unspecified atom stereocenters. The van der Waals surface area contributed by atoms with Crippen LogP contribution in [0.2, 0.25) is 0 Å². The lowest BCUT2D eigenvalue weighted by Crippen LogP contribution is -2.32. The van der Waals surface area contributed by atoms with Gasteiger partial charge in [0.05, 0.1) is 0 Å². The molecule has 2 nitrogen and oxygen atoms in total. The highest BCUT2D eigenvalue weighted by molar-refractivity contribution is 4.88. The van der Waals surface area contributed by atoms with Gasteiger partial charge in [0, 0.05) is 0 Å². The molecule has 2 atom stereocenters. The summed E-state index contributed by atoms with van der Waals surface area (Å²) >= 11 is 0. The van der Waals surface area contributed by atoms with E-state index in [1.54, 1.807) is 0 Å². The zero-order valence-electron chi connectivity index (χ0n) is 10.1. The highest BCUT2D eigenvalue weighted by atomic mass is 15.0. The second-order valence-electron chi connectivity index (χ2n) is 5.29. The predicted octanol–water partition coefficient (Wildman–Crippen LogP) is 2.01. The van der Waals surface area contributed by atoms with Crippen molar-refractivity contribution in [3.05, 3.63) is 0 Å². The Morgan fingerprint density at radius 3 is 2.67 bits per heavy atom. The summed E-state index contributed by atoms with van der Waals surface area (Å²) in [6, 6.07) is 0. The van der Waals surface area contributed by atoms with Crippen LogP contribution in [0.15, 0.2) is 0 Å². The van der Waals surface area contributed by atoms with E-state index < -0.39 is 0 Å². The standard InChI is InChI=1S/C13H26N2/c1-2-14-8-12-9-15-10-13(12)11-6-4-3-5-7-11/h11-15H,2-10H2,1H3. The van der Waals surface area contributed by atoms with Gasteiger partial charge >= 0.3 is 0 Å². The summed E-state index contributed by atoms with van der Waals surface area (Å²) in [6.45, 7) is 7.07. The zero-order valence-corrected chi connectivity index (χ0v) is 10.1. The van der Waals surface area contributed by atoms with Crippen molar-refractivity contribution in [3.63, 3.8) is 0 Å². The van der Waals surface area contributed by atoms with E-state index in [1.807, 2.05) is 0 Å². The Kier molecular flexibility index (Phi) is 4.45. The van der Waals surface area contributed by atoms with Gasteiger partial charge in [0.2, 0.25) is 0 Å². The van der Waals surface area contributed by atoms with Crippen LogP contribution in [0.5, 0.6) is 0 Å². The van der Waals surface area contributed by atoms with Crippen LogP contribution in [0.1, 0.15) is 39.0 Å². The summed E-state index contributed by atoms with van der Waals surface area (Å²) in [5, 5.41) is 7.11. The Labute approximate surface area is 94.2 Å². The fourth-order valence-electron chi connectivity index (χ4n) is 3.42. The lowest BCUT2D eigenvalue weighted by atomic mass is 9.75. The fraction of sp³-hybridized carbons (Fsp3) is 1.00. The van der Waals surface area contributed by atoms with Crippen molar-refractivity contribution in [2.45, 2.75) is 39.0 Å². The highest BCUT2D eigenvalue weighted by Crippen LogP contribution is 2.35. The molecule has 1 heterocycles. The van der Waals surface area contributed by atoms with Crippen LogP contribution in [-0.4, -0.2) is 26.2 Å². The molecule has 2 heteroatoms. The van der Waals surface area contributed by atoms with Crippen LogP contribution in [-0.2, 0) is 0 Å². The molecule has 2 rings (SSSR count). The third-order valence-electron chi connectivity index (χ3n) is 4.30. The summed E-state index contributed by atoms with van der Waals surface area (Å²) in [4.78, 5) is 0. The zero-order chi connectivity index (χ0) is 10.5. The number of rotatable bonds is 4. The summed E-state index contributed by atoms with van der Waals surface area (Å²) in [7, 11) is 0. The molecule has 2 aliphatic rings. The molecule has 1 aliphatic heterocycles. The van der Waals surface area contributed by atoms with Gasteiger partial charge in [-0.15, -0.1) is 0 Å². The molecule has 0 amide bonds. The van der Waals surface area contributed by atoms with Crippen molar-refractivity contribution in [2.75, 3.05) is 26.2 Å². The number of hydrogen-bond acceptors (Lipinski definition) is 2.